The lowest BCUT2D eigenvalue weighted by Crippen LogP contribution is -1.85. The van der Waals surface area contributed by atoms with E-state index in [2.05, 4.69) is 22.4 Å². The van der Waals surface area contributed by atoms with Crippen LogP contribution in [0.25, 0.3) is 11.1 Å². The molecule has 3 aromatic carbocycles. The van der Waals surface area contributed by atoms with Crippen LogP contribution in [0.1, 0.15) is 0 Å². The number of hydrogen-bond acceptors (Lipinski definition) is 4. The number of nitrogens with zero attached hydrogens (tertiary/aromatic N) is 2. The quantitative estimate of drug-likeness (QED) is 0.559. The lowest BCUT2D eigenvalue weighted by Gasteiger charge is -2.07. The third-order valence-electron chi connectivity index (χ3n) is 3.64. The Kier molecular flexibility index (Phi) is 4.87. The van der Waals surface area contributed by atoms with E-state index in [9.17, 15) is 0 Å². The molecule has 0 saturated heterocycles. The molecule has 0 amide bonds. The number of benzene rings is 3. The third-order valence-corrected chi connectivity index (χ3v) is 3.64. The van der Waals surface area contributed by atoms with Crippen molar-refractivity contribution >= 4 is 11.4 Å². The van der Waals surface area contributed by atoms with Crippen LogP contribution < -0.4 is 9.47 Å². The monoisotopic (exact) mass is 318 g/mol. The fraction of sp³-hybridized carbons (Fsp3) is 0.100. The van der Waals surface area contributed by atoms with Gasteiger partial charge in [0.2, 0.25) is 0 Å². The van der Waals surface area contributed by atoms with Crippen molar-refractivity contribution in [2.75, 3.05) is 14.2 Å². The number of ether oxygens (including phenoxy) is 2. The van der Waals surface area contributed by atoms with E-state index in [4.69, 9.17) is 9.47 Å². The summed E-state index contributed by atoms with van der Waals surface area (Å²) in [4.78, 5) is 0. The van der Waals surface area contributed by atoms with E-state index in [0.29, 0.717) is 22.9 Å². The highest BCUT2D eigenvalue weighted by Crippen LogP contribution is 2.35. The zero-order valence-corrected chi connectivity index (χ0v) is 13.6. The van der Waals surface area contributed by atoms with Gasteiger partial charge >= 0.3 is 0 Å². The zero-order chi connectivity index (χ0) is 16.8. The van der Waals surface area contributed by atoms with Crippen LogP contribution in [0.5, 0.6) is 11.5 Å². The van der Waals surface area contributed by atoms with Crippen LogP contribution in [0.3, 0.4) is 0 Å². The molecule has 0 aliphatic heterocycles. The largest absolute Gasteiger partial charge is 0.494 e. The number of hydrogen-bond donors (Lipinski definition) is 0. The molecule has 0 aromatic heterocycles. The van der Waals surface area contributed by atoms with Crippen molar-refractivity contribution in [2.45, 2.75) is 0 Å². The molecular weight excluding hydrogens is 300 g/mol. The molecular formula is C20H18N2O2. The standard InChI is InChI=1S/C20H18N2O2/c1-23-19-11-7-6-10-17(19)21-22-18-14-16(12-13-20(18)24-2)15-8-4-3-5-9-15/h3-14H,1-2H3. The van der Waals surface area contributed by atoms with Crippen molar-refractivity contribution in [1.82, 2.24) is 0 Å². The highest BCUT2D eigenvalue weighted by atomic mass is 16.5. The molecule has 4 heteroatoms. The highest BCUT2D eigenvalue weighted by molar-refractivity contribution is 5.70. The summed E-state index contributed by atoms with van der Waals surface area (Å²) in [6.45, 7) is 0. The predicted octanol–water partition coefficient (Wildman–Crippen LogP) is 5.79. The minimum atomic E-state index is 0.671. The average Bonchev–Trinajstić information content (AvgIpc) is 2.67. The molecule has 0 spiro atoms. The van der Waals surface area contributed by atoms with Crippen LogP contribution in [-0.4, -0.2) is 14.2 Å². The Hall–Kier alpha value is -3.14. The zero-order valence-electron chi connectivity index (χ0n) is 13.6. The van der Waals surface area contributed by atoms with E-state index in [1.807, 2.05) is 60.7 Å². The Morgan fingerprint density at radius 2 is 1.21 bits per heavy atom. The van der Waals surface area contributed by atoms with Crippen LogP contribution in [0.2, 0.25) is 0 Å². The molecule has 0 heterocycles. The maximum Gasteiger partial charge on any atom is 0.146 e. The maximum absolute atomic E-state index is 5.40. The summed E-state index contributed by atoms with van der Waals surface area (Å²) in [7, 11) is 3.24. The smallest absolute Gasteiger partial charge is 0.146 e. The van der Waals surface area contributed by atoms with Gasteiger partial charge in [-0.05, 0) is 35.4 Å². The lowest BCUT2D eigenvalue weighted by molar-refractivity contribution is 0.414. The molecule has 3 aromatic rings. The normalized spacial score (nSPS) is 10.8. The molecule has 4 nitrogen and oxygen atoms in total. The molecule has 0 aliphatic rings. The van der Waals surface area contributed by atoms with Crippen molar-refractivity contribution in [2.24, 2.45) is 10.2 Å². The Balaban J connectivity index is 1.98. The molecule has 0 aliphatic carbocycles. The van der Waals surface area contributed by atoms with Gasteiger partial charge in [0.05, 0.1) is 14.2 Å². The Morgan fingerprint density at radius 3 is 1.96 bits per heavy atom. The van der Waals surface area contributed by atoms with Gasteiger partial charge < -0.3 is 9.47 Å². The van der Waals surface area contributed by atoms with Gasteiger partial charge in [0.25, 0.3) is 0 Å². The first kappa shape index (κ1) is 15.7. The van der Waals surface area contributed by atoms with Gasteiger partial charge in [0.15, 0.2) is 0 Å². The fourth-order valence-corrected chi connectivity index (χ4v) is 2.40. The van der Waals surface area contributed by atoms with E-state index in [-0.39, 0.29) is 0 Å². The van der Waals surface area contributed by atoms with Gasteiger partial charge in [-0.15, -0.1) is 10.2 Å². The molecule has 0 N–H and O–H groups in total. The Labute approximate surface area is 141 Å². The van der Waals surface area contributed by atoms with Crippen LogP contribution in [-0.2, 0) is 0 Å². The number of rotatable bonds is 5. The second-order valence-electron chi connectivity index (χ2n) is 5.12. The minimum absolute atomic E-state index is 0.671. The first-order valence-electron chi connectivity index (χ1n) is 7.60. The predicted molar refractivity (Wildman–Crippen MR) is 95.6 cm³/mol. The van der Waals surface area contributed by atoms with Gasteiger partial charge in [-0.25, -0.2) is 0 Å². The Bertz CT molecular complexity index is 845. The summed E-state index contributed by atoms with van der Waals surface area (Å²) in [5.74, 6) is 1.35. The van der Waals surface area contributed by atoms with E-state index in [1.54, 1.807) is 14.2 Å². The second-order valence-corrected chi connectivity index (χ2v) is 5.12. The first-order valence-corrected chi connectivity index (χ1v) is 7.60. The molecule has 0 unspecified atom stereocenters. The SMILES string of the molecule is COc1ccccc1N=Nc1cc(-c2ccccc2)ccc1OC. The van der Waals surface area contributed by atoms with Gasteiger partial charge in [-0.1, -0.05) is 48.5 Å². The van der Waals surface area contributed by atoms with E-state index < -0.39 is 0 Å². The summed E-state index contributed by atoms with van der Waals surface area (Å²) in [6.07, 6.45) is 0. The van der Waals surface area contributed by atoms with Crippen molar-refractivity contribution in [3.05, 3.63) is 72.8 Å². The lowest BCUT2D eigenvalue weighted by atomic mass is 10.1. The molecule has 0 radical (unpaired) electrons. The second kappa shape index (κ2) is 7.42. The summed E-state index contributed by atoms with van der Waals surface area (Å²) in [6, 6.07) is 23.5. The topological polar surface area (TPSA) is 43.2 Å². The molecule has 0 bridgehead atoms. The highest BCUT2D eigenvalue weighted by Gasteiger charge is 2.06. The molecule has 120 valence electrons. The van der Waals surface area contributed by atoms with Crippen molar-refractivity contribution < 1.29 is 9.47 Å². The summed E-state index contributed by atoms with van der Waals surface area (Å²) in [5, 5.41) is 8.67. The van der Waals surface area contributed by atoms with Crippen LogP contribution in [0.15, 0.2) is 83.0 Å². The van der Waals surface area contributed by atoms with E-state index in [0.717, 1.165) is 11.1 Å². The summed E-state index contributed by atoms with van der Waals surface area (Å²) < 4.78 is 10.7. The summed E-state index contributed by atoms with van der Waals surface area (Å²) >= 11 is 0. The number of azo groups is 1. The molecule has 0 atom stereocenters. The maximum atomic E-state index is 5.40. The van der Waals surface area contributed by atoms with Crippen LogP contribution in [0, 0.1) is 0 Å². The number of para-hydroxylation sites is 1. The third kappa shape index (κ3) is 3.43. The fourth-order valence-electron chi connectivity index (χ4n) is 2.40. The van der Waals surface area contributed by atoms with Gasteiger partial charge in [0, 0.05) is 0 Å². The summed E-state index contributed by atoms with van der Waals surface area (Å²) in [5.41, 5.74) is 3.52. The molecule has 24 heavy (non-hydrogen) atoms. The first-order chi connectivity index (χ1) is 11.8. The van der Waals surface area contributed by atoms with Crippen LogP contribution >= 0.6 is 0 Å². The van der Waals surface area contributed by atoms with Gasteiger partial charge in [-0.3, -0.25) is 0 Å². The van der Waals surface area contributed by atoms with Crippen LogP contribution in [0.4, 0.5) is 11.4 Å². The van der Waals surface area contributed by atoms with Crippen molar-refractivity contribution in [1.29, 1.82) is 0 Å². The van der Waals surface area contributed by atoms with E-state index >= 15 is 0 Å². The molecule has 0 saturated carbocycles. The number of methoxy groups -OCH3 is 2. The van der Waals surface area contributed by atoms with Gasteiger partial charge in [0.1, 0.15) is 22.9 Å². The minimum Gasteiger partial charge on any atom is -0.494 e. The van der Waals surface area contributed by atoms with E-state index in [1.165, 1.54) is 0 Å². The van der Waals surface area contributed by atoms with Gasteiger partial charge in [-0.2, -0.15) is 0 Å². The van der Waals surface area contributed by atoms with Crippen molar-refractivity contribution in [3.8, 4) is 22.6 Å². The molecule has 3 rings (SSSR count). The molecule has 0 fully saturated rings. The Morgan fingerprint density at radius 1 is 0.583 bits per heavy atom. The average molecular weight is 318 g/mol. The van der Waals surface area contributed by atoms with Crippen molar-refractivity contribution in [3.63, 3.8) is 0 Å².